The summed E-state index contributed by atoms with van der Waals surface area (Å²) >= 11 is 0. The highest BCUT2D eigenvalue weighted by atomic mass is 16.5. The van der Waals surface area contributed by atoms with E-state index in [1.807, 2.05) is 19.9 Å². The van der Waals surface area contributed by atoms with Crippen LogP contribution in [0.5, 0.6) is 0 Å². The Morgan fingerprint density at radius 3 is 2.47 bits per heavy atom. The molecule has 202 valence electrons. The number of anilines is 2. The van der Waals surface area contributed by atoms with Crippen LogP contribution in [0.3, 0.4) is 0 Å². The number of aryl methyl sites for hydroxylation is 1. The molecule has 0 amide bonds. The van der Waals surface area contributed by atoms with Crippen molar-refractivity contribution in [2.45, 2.75) is 57.5 Å². The number of hydrogen-bond donors (Lipinski definition) is 2. The first-order chi connectivity index (χ1) is 18.2. The standard InChI is InChI=1S/C30H38N4O4/c1-4-22-8-9-23(19-26(22)34-12-10-25(11-13-34)33-14-16-38-17-15-33)30(2,3)28(27(35)29(36)37)32-24-7-5-6-21(18-24)20-31/h5-9,18-19,25,28,32H,4,10-17H2,1-3H3,(H,36,37). The van der Waals surface area contributed by atoms with Gasteiger partial charge in [-0.2, -0.15) is 5.26 Å². The maximum absolute atomic E-state index is 13.0. The maximum Gasteiger partial charge on any atom is 0.374 e. The molecule has 1 atom stereocenters. The largest absolute Gasteiger partial charge is 0.475 e. The lowest BCUT2D eigenvalue weighted by Crippen LogP contribution is -2.49. The number of carboxylic acid groups (broad SMARTS) is 1. The lowest BCUT2D eigenvalue weighted by atomic mass is 9.75. The van der Waals surface area contributed by atoms with Crippen molar-refractivity contribution < 1.29 is 19.4 Å². The van der Waals surface area contributed by atoms with Crippen LogP contribution in [-0.4, -0.2) is 73.2 Å². The van der Waals surface area contributed by atoms with Crippen LogP contribution in [0.1, 0.15) is 50.3 Å². The molecular formula is C30H38N4O4. The van der Waals surface area contributed by atoms with Crippen LogP contribution in [0.25, 0.3) is 0 Å². The number of nitrogens with one attached hydrogen (secondary N) is 1. The summed E-state index contributed by atoms with van der Waals surface area (Å²) in [7, 11) is 0. The van der Waals surface area contributed by atoms with Gasteiger partial charge in [-0.15, -0.1) is 0 Å². The fourth-order valence-corrected chi connectivity index (χ4v) is 5.68. The molecule has 0 aromatic heterocycles. The van der Waals surface area contributed by atoms with E-state index in [0.717, 1.165) is 69.9 Å². The Kier molecular flexibility index (Phi) is 8.70. The Labute approximate surface area is 225 Å². The van der Waals surface area contributed by atoms with E-state index in [1.165, 1.54) is 5.56 Å². The van der Waals surface area contributed by atoms with Gasteiger partial charge in [0.1, 0.15) is 6.04 Å². The minimum Gasteiger partial charge on any atom is -0.475 e. The summed E-state index contributed by atoms with van der Waals surface area (Å²) in [6, 6.07) is 14.6. The van der Waals surface area contributed by atoms with Gasteiger partial charge in [0.25, 0.3) is 5.78 Å². The van der Waals surface area contributed by atoms with Crippen molar-refractivity contribution in [1.82, 2.24) is 4.90 Å². The lowest BCUT2D eigenvalue weighted by Gasteiger charge is -2.42. The van der Waals surface area contributed by atoms with Crippen molar-refractivity contribution in [3.63, 3.8) is 0 Å². The van der Waals surface area contributed by atoms with E-state index in [-0.39, 0.29) is 0 Å². The molecule has 0 spiro atoms. The SMILES string of the molecule is CCc1ccc(C(C)(C)C(Nc2cccc(C#N)c2)C(=O)C(=O)O)cc1N1CCC(N2CCOCC2)CC1. The average Bonchev–Trinajstić information content (AvgIpc) is 2.95. The number of ether oxygens (including phenoxy) is 1. The number of aliphatic carboxylic acids is 1. The first-order valence-corrected chi connectivity index (χ1v) is 13.5. The van der Waals surface area contributed by atoms with Crippen molar-refractivity contribution in [3.05, 3.63) is 59.2 Å². The third-order valence-electron chi connectivity index (χ3n) is 8.07. The number of carboxylic acids is 1. The van der Waals surface area contributed by atoms with Gasteiger partial charge in [0.05, 0.1) is 24.8 Å². The molecule has 0 aliphatic carbocycles. The summed E-state index contributed by atoms with van der Waals surface area (Å²) in [5.74, 6) is -2.40. The van der Waals surface area contributed by atoms with Crippen LogP contribution in [-0.2, 0) is 26.2 Å². The first kappa shape index (κ1) is 27.6. The van der Waals surface area contributed by atoms with Crippen molar-refractivity contribution in [3.8, 4) is 6.07 Å². The third-order valence-corrected chi connectivity index (χ3v) is 8.07. The van der Waals surface area contributed by atoms with Crippen LogP contribution in [0.2, 0.25) is 0 Å². The molecule has 2 saturated heterocycles. The van der Waals surface area contributed by atoms with Crippen LogP contribution >= 0.6 is 0 Å². The van der Waals surface area contributed by atoms with E-state index in [4.69, 9.17) is 4.74 Å². The molecule has 2 aliphatic heterocycles. The number of hydrogen-bond acceptors (Lipinski definition) is 7. The second kappa shape index (κ2) is 12.0. The van der Waals surface area contributed by atoms with Gasteiger partial charge >= 0.3 is 5.97 Å². The Balaban J connectivity index is 1.60. The summed E-state index contributed by atoms with van der Waals surface area (Å²) in [5, 5.41) is 22.1. The highest BCUT2D eigenvalue weighted by Gasteiger charge is 2.40. The van der Waals surface area contributed by atoms with Crippen molar-refractivity contribution >= 4 is 23.1 Å². The van der Waals surface area contributed by atoms with Gasteiger partial charge < -0.3 is 20.1 Å². The van der Waals surface area contributed by atoms with Crippen LogP contribution in [0, 0.1) is 11.3 Å². The topological polar surface area (TPSA) is 106 Å². The van der Waals surface area contributed by atoms with Gasteiger partial charge in [0, 0.05) is 49.0 Å². The predicted molar refractivity (Wildman–Crippen MR) is 148 cm³/mol. The monoisotopic (exact) mass is 518 g/mol. The highest BCUT2D eigenvalue weighted by Crippen LogP contribution is 2.35. The number of carbonyl (C=O) groups is 2. The van der Waals surface area contributed by atoms with E-state index in [2.05, 4.69) is 40.2 Å². The predicted octanol–water partition coefficient (Wildman–Crippen LogP) is 3.83. The molecule has 1 unspecified atom stereocenters. The Morgan fingerprint density at radius 2 is 1.84 bits per heavy atom. The normalized spacial score (nSPS) is 18.0. The summed E-state index contributed by atoms with van der Waals surface area (Å²) in [4.78, 5) is 29.8. The van der Waals surface area contributed by atoms with Gasteiger partial charge in [0.2, 0.25) is 0 Å². The number of piperidine rings is 1. The number of morpholine rings is 1. The van der Waals surface area contributed by atoms with Gasteiger partial charge in [-0.3, -0.25) is 9.69 Å². The van der Waals surface area contributed by atoms with Gasteiger partial charge in [-0.1, -0.05) is 39.0 Å². The van der Waals surface area contributed by atoms with Gasteiger partial charge in [0.15, 0.2) is 0 Å². The zero-order chi connectivity index (χ0) is 27.3. The zero-order valence-electron chi connectivity index (χ0n) is 22.6. The molecule has 8 heteroatoms. The summed E-state index contributed by atoms with van der Waals surface area (Å²) in [6.07, 6.45) is 3.07. The van der Waals surface area contributed by atoms with E-state index in [9.17, 15) is 20.0 Å². The Morgan fingerprint density at radius 1 is 1.13 bits per heavy atom. The van der Waals surface area contributed by atoms with E-state index < -0.39 is 23.2 Å². The van der Waals surface area contributed by atoms with Crippen LogP contribution < -0.4 is 10.2 Å². The first-order valence-electron chi connectivity index (χ1n) is 13.5. The van der Waals surface area contributed by atoms with Crippen molar-refractivity contribution in [1.29, 1.82) is 5.26 Å². The highest BCUT2D eigenvalue weighted by molar-refractivity contribution is 6.35. The molecular weight excluding hydrogens is 480 g/mol. The van der Waals surface area contributed by atoms with E-state index in [0.29, 0.717) is 17.3 Å². The zero-order valence-corrected chi connectivity index (χ0v) is 22.6. The lowest BCUT2D eigenvalue weighted by molar-refractivity contribution is -0.150. The third kappa shape index (κ3) is 6.01. The molecule has 4 rings (SSSR count). The number of Topliss-reactive ketones (excluding diaryl/α,β-unsaturated/α-hetero) is 1. The quantitative estimate of drug-likeness (QED) is 0.483. The van der Waals surface area contributed by atoms with Crippen LogP contribution in [0.15, 0.2) is 42.5 Å². The smallest absolute Gasteiger partial charge is 0.374 e. The minimum atomic E-state index is -1.48. The molecule has 0 bridgehead atoms. The average molecular weight is 519 g/mol. The summed E-state index contributed by atoms with van der Waals surface area (Å²) < 4.78 is 5.52. The molecule has 2 aromatic rings. The number of benzene rings is 2. The fraction of sp³-hybridized carbons (Fsp3) is 0.500. The number of nitrogens with zero attached hydrogens (tertiary/aromatic N) is 3. The van der Waals surface area contributed by atoms with Crippen molar-refractivity contribution in [2.24, 2.45) is 0 Å². The van der Waals surface area contributed by atoms with E-state index >= 15 is 0 Å². The molecule has 2 heterocycles. The molecule has 2 aromatic carbocycles. The molecule has 8 nitrogen and oxygen atoms in total. The van der Waals surface area contributed by atoms with E-state index in [1.54, 1.807) is 24.3 Å². The number of carbonyl (C=O) groups excluding carboxylic acids is 1. The Hall–Kier alpha value is -3.41. The molecule has 2 fully saturated rings. The fourth-order valence-electron chi connectivity index (χ4n) is 5.68. The second-order valence-electron chi connectivity index (χ2n) is 10.7. The van der Waals surface area contributed by atoms with Gasteiger partial charge in [-0.25, -0.2) is 4.79 Å². The number of nitriles is 1. The molecule has 0 saturated carbocycles. The molecule has 0 radical (unpaired) electrons. The van der Waals surface area contributed by atoms with Crippen LogP contribution in [0.4, 0.5) is 11.4 Å². The molecule has 2 aliphatic rings. The maximum atomic E-state index is 13.0. The second-order valence-corrected chi connectivity index (χ2v) is 10.7. The number of ketones is 1. The summed E-state index contributed by atoms with van der Waals surface area (Å²) in [5.41, 5.74) is 3.42. The number of rotatable bonds is 9. The summed E-state index contributed by atoms with van der Waals surface area (Å²) in [6.45, 7) is 11.5. The molecule has 2 N–H and O–H groups in total. The Bertz CT molecular complexity index is 1190. The van der Waals surface area contributed by atoms with Crippen molar-refractivity contribution in [2.75, 3.05) is 49.6 Å². The molecule has 38 heavy (non-hydrogen) atoms. The minimum absolute atomic E-state index is 0.435. The van der Waals surface area contributed by atoms with Gasteiger partial charge in [-0.05, 0) is 54.7 Å².